The maximum Gasteiger partial charge on any atom is 0.0384 e. The Labute approximate surface area is 98.4 Å². The first-order chi connectivity index (χ1) is 7.37. The van der Waals surface area contributed by atoms with Crippen molar-refractivity contribution >= 4 is 0 Å². The van der Waals surface area contributed by atoms with E-state index in [0.717, 1.165) is 19.6 Å². The molecule has 0 amide bonds. The summed E-state index contributed by atoms with van der Waals surface area (Å²) in [4.78, 5) is 2.42. The molecule has 1 aliphatic rings. The van der Waals surface area contributed by atoms with Gasteiger partial charge in [-0.3, -0.25) is 4.90 Å². The molecule has 0 atom stereocenters. The number of aryl methyl sites for hydroxylation is 3. The first-order valence-electron chi connectivity index (χ1n) is 5.95. The molecule has 0 aromatic heterocycles. The third kappa shape index (κ3) is 2.28. The van der Waals surface area contributed by atoms with Gasteiger partial charge in [-0.05, 0) is 44.4 Å². The van der Waals surface area contributed by atoms with Gasteiger partial charge >= 0.3 is 0 Å². The summed E-state index contributed by atoms with van der Waals surface area (Å²) in [6, 6.07) is 4.54. The van der Waals surface area contributed by atoms with Crippen molar-refractivity contribution in [3.05, 3.63) is 34.4 Å². The number of nitrogens with zero attached hydrogens (tertiary/aromatic N) is 1. The molecule has 0 radical (unpaired) electrons. The van der Waals surface area contributed by atoms with E-state index in [1.807, 2.05) is 0 Å². The van der Waals surface area contributed by atoms with Crippen molar-refractivity contribution in [1.82, 2.24) is 4.90 Å². The predicted octanol–water partition coefficient (Wildman–Crippen LogP) is 2.14. The molecule has 16 heavy (non-hydrogen) atoms. The molecular weight excluding hydrogens is 196 g/mol. The maximum atomic E-state index is 6.02. The van der Waals surface area contributed by atoms with E-state index in [1.54, 1.807) is 0 Å². The summed E-state index contributed by atoms with van der Waals surface area (Å²) in [6.07, 6.45) is 0. The van der Waals surface area contributed by atoms with Crippen LogP contribution in [0.15, 0.2) is 12.1 Å². The first kappa shape index (κ1) is 11.6. The highest BCUT2D eigenvalue weighted by molar-refractivity contribution is 5.37. The molecule has 1 aromatic rings. The lowest BCUT2D eigenvalue weighted by atomic mass is 9.91. The van der Waals surface area contributed by atoms with Gasteiger partial charge in [-0.15, -0.1) is 0 Å². The number of nitrogens with two attached hydrogens (primary N) is 1. The molecule has 0 saturated carbocycles. The highest BCUT2D eigenvalue weighted by atomic mass is 15.2. The normalized spacial score (nSPS) is 19.6. The lowest BCUT2D eigenvalue weighted by Gasteiger charge is -2.45. The average Bonchev–Trinajstić information content (AvgIpc) is 2.07. The minimum absolute atomic E-state index is 0.0342. The number of hydrogen-bond acceptors (Lipinski definition) is 2. The number of hydrogen-bond donors (Lipinski definition) is 1. The molecule has 2 heteroatoms. The van der Waals surface area contributed by atoms with Crippen LogP contribution in [0, 0.1) is 20.8 Å². The van der Waals surface area contributed by atoms with E-state index in [1.165, 1.54) is 22.3 Å². The van der Waals surface area contributed by atoms with Crippen LogP contribution in [0.2, 0.25) is 0 Å². The Morgan fingerprint density at radius 2 is 1.69 bits per heavy atom. The van der Waals surface area contributed by atoms with E-state index in [2.05, 4.69) is 44.7 Å². The van der Waals surface area contributed by atoms with Gasteiger partial charge in [0.2, 0.25) is 0 Å². The minimum atomic E-state index is 0.0342. The SMILES string of the molecule is Cc1cc(C)c(CN2CC(C)(N)C2)c(C)c1. The quantitative estimate of drug-likeness (QED) is 0.824. The number of benzene rings is 1. The molecule has 0 unspecified atom stereocenters. The molecule has 1 saturated heterocycles. The highest BCUT2D eigenvalue weighted by Crippen LogP contribution is 2.24. The molecule has 2 nitrogen and oxygen atoms in total. The van der Waals surface area contributed by atoms with Crippen LogP contribution in [0.4, 0.5) is 0 Å². The second-order valence-corrected chi connectivity index (χ2v) is 5.68. The first-order valence-corrected chi connectivity index (χ1v) is 5.95. The summed E-state index contributed by atoms with van der Waals surface area (Å²) in [5, 5.41) is 0. The van der Waals surface area contributed by atoms with Gasteiger partial charge in [0, 0.05) is 25.2 Å². The number of rotatable bonds is 2. The van der Waals surface area contributed by atoms with Crippen LogP contribution in [0.3, 0.4) is 0 Å². The standard InChI is InChI=1S/C14H22N2/c1-10-5-11(2)13(12(3)6-10)7-16-8-14(4,15)9-16/h5-6H,7-9,15H2,1-4H3. The molecule has 0 bridgehead atoms. The van der Waals surface area contributed by atoms with E-state index in [0.29, 0.717) is 0 Å². The van der Waals surface area contributed by atoms with Crippen molar-refractivity contribution in [3.8, 4) is 0 Å². The second kappa shape index (κ2) is 3.86. The minimum Gasteiger partial charge on any atom is -0.323 e. The monoisotopic (exact) mass is 218 g/mol. The molecule has 1 aromatic carbocycles. The Hall–Kier alpha value is -0.860. The average molecular weight is 218 g/mol. The third-order valence-corrected chi connectivity index (χ3v) is 3.39. The molecule has 1 heterocycles. The summed E-state index contributed by atoms with van der Waals surface area (Å²) in [6.45, 7) is 11.8. The second-order valence-electron chi connectivity index (χ2n) is 5.68. The largest absolute Gasteiger partial charge is 0.323 e. The van der Waals surface area contributed by atoms with Crippen LogP contribution in [0.25, 0.3) is 0 Å². The van der Waals surface area contributed by atoms with Gasteiger partial charge in [0.25, 0.3) is 0 Å². The van der Waals surface area contributed by atoms with E-state index in [4.69, 9.17) is 5.73 Å². The van der Waals surface area contributed by atoms with Crippen molar-refractivity contribution in [2.75, 3.05) is 13.1 Å². The molecule has 1 aliphatic heterocycles. The Bertz CT molecular complexity index is 376. The van der Waals surface area contributed by atoms with Gasteiger partial charge in [0.05, 0.1) is 0 Å². The fraction of sp³-hybridized carbons (Fsp3) is 0.571. The Balaban J connectivity index is 2.11. The Morgan fingerprint density at radius 3 is 2.12 bits per heavy atom. The smallest absolute Gasteiger partial charge is 0.0384 e. The topological polar surface area (TPSA) is 29.3 Å². The molecular formula is C14H22N2. The van der Waals surface area contributed by atoms with Crippen molar-refractivity contribution in [3.63, 3.8) is 0 Å². The van der Waals surface area contributed by atoms with Gasteiger partial charge in [-0.2, -0.15) is 0 Å². The van der Waals surface area contributed by atoms with E-state index in [-0.39, 0.29) is 5.54 Å². The molecule has 88 valence electrons. The van der Waals surface area contributed by atoms with Crippen LogP contribution in [-0.2, 0) is 6.54 Å². The fourth-order valence-electron chi connectivity index (χ4n) is 2.77. The third-order valence-electron chi connectivity index (χ3n) is 3.39. The van der Waals surface area contributed by atoms with Gasteiger partial charge in [-0.25, -0.2) is 0 Å². The Kier molecular flexibility index (Phi) is 2.81. The Morgan fingerprint density at radius 1 is 1.19 bits per heavy atom. The van der Waals surface area contributed by atoms with E-state index >= 15 is 0 Å². The number of likely N-dealkylation sites (tertiary alicyclic amines) is 1. The van der Waals surface area contributed by atoms with E-state index in [9.17, 15) is 0 Å². The van der Waals surface area contributed by atoms with Crippen molar-refractivity contribution in [1.29, 1.82) is 0 Å². The van der Waals surface area contributed by atoms with Crippen LogP contribution in [-0.4, -0.2) is 23.5 Å². The van der Waals surface area contributed by atoms with Gasteiger partial charge in [0.15, 0.2) is 0 Å². The van der Waals surface area contributed by atoms with Crippen LogP contribution in [0.5, 0.6) is 0 Å². The zero-order chi connectivity index (χ0) is 11.9. The predicted molar refractivity (Wildman–Crippen MR) is 68.5 cm³/mol. The zero-order valence-corrected chi connectivity index (χ0v) is 10.8. The lowest BCUT2D eigenvalue weighted by Crippen LogP contribution is -2.64. The molecule has 1 fully saturated rings. The summed E-state index contributed by atoms with van der Waals surface area (Å²) in [5.41, 5.74) is 11.7. The molecule has 0 aliphatic carbocycles. The van der Waals surface area contributed by atoms with Gasteiger partial charge in [-0.1, -0.05) is 17.7 Å². The van der Waals surface area contributed by atoms with Gasteiger partial charge in [0.1, 0.15) is 0 Å². The highest BCUT2D eigenvalue weighted by Gasteiger charge is 2.34. The summed E-state index contributed by atoms with van der Waals surface area (Å²) in [5.74, 6) is 0. The fourth-order valence-corrected chi connectivity index (χ4v) is 2.77. The molecule has 0 spiro atoms. The van der Waals surface area contributed by atoms with Crippen molar-refractivity contribution in [2.45, 2.75) is 39.8 Å². The molecule has 2 rings (SSSR count). The van der Waals surface area contributed by atoms with Crippen LogP contribution >= 0.6 is 0 Å². The van der Waals surface area contributed by atoms with Crippen molar-refractivity contribution in [2.24, 2.45) is 5.73 Å². The zero-order valence-electron chi connectivity index (χ0n) is 10.8. The summed E-state index contributed by atoms with van der Waals surface area (Å²) in [7, 11) is 0. The lowest BCUT2D eigenvalue weighted by molar-refractivity contribution is 0.0760. The molecule has 2 N–H and O–H groups in total. The summed E-state index contributed by atoms with van der Waals surface area (Å²) < 4.78 is 0. The van der Waals surface area contributed by atoms with Gasteiger partial charge < -0.3 is 5.73 Å². The van der Waals surface area contributed by atoms with Crippen molar-refractivity contribution < 1.29 is 0 Å². The van der Waals surface area contributed by atoms with E-state index < -0.39 is 0 Å². The maximum absolute atomic E-state index is 6.02. The van der Waals surface area contributed by atoms with Crippen LogP contribution < -0.4 is 5.73 Å². The van der Waals surface area contributed by atoms with Crippen LogP contribution in [0.1, 0.15) is 29.2 Å². The summed E-state index contributed by atoms with van der Waals surface area (Å²) >= 11 is 0.